The summed E-state index contributed by atoms with van der Waals surface area (Å²) in [4.78, 5) is 29.9. The molecule has 0 saturated carbocycles. The van der Waals surface area contributed by atoms with Crippen LogP contribution in [0.4, 0.5) is 4.39 Å². The Morgan fingerprint density at radius 1 is 1.15 bits per heavy atom. The van der Waals surface area contributed by atoms with Crippen molar-refractivity contribution in [3.8, 4) is 0 Å². The second kappa shape index (κ2) is 6.65. The van der Waals surface area contributed by atoms with Gasteiger partial charge in [0.25, 0.3) is 0 Å². The summed E-state index contributed by atoms with van der Waals surface area (Å²) in [6.07, 6.45) is 2.98. The van der Waals surface area contributed by atoms with E-state index in [1.54, 1.807) is 12.1 Å². The standard InChI is InChI=1S/C20H25FN2O3/c1-22-17-7-2-14(18(22)24)12-23(13-17)19(25)20(8-10-26-11-9-20)15-3-5-16(21)6-4-15/h3-6,14,17H,2,7-13H2,1H3/t14-,17+/m1/s1. The highest BCUT2D eigenvalue weighted by atomic mass is 19.1. The molecular formula is C20H25FN2O3. The molecule has 0 aliphatic carbocycles. The van der Waals surface area contributed by atoms with Gasteiger partial charge in [-0.15, -0.1) is 0 Å². The van der Waals surface area contributed by atoms with Crippen molar-refractivity contribution < 1.29 is 18.7 Å². The van der Waals surface area contributed by atoms with Crippen LogP contribution in [0.2, 0.25) is 0 Å². The second-order valence-electron chi connectivity index (χ2n) is 7.79. The maximum absolute atomic E-state index is 13.7. The molecule has 6 heteroatoms. The van der Waals surface area contributed by atoms with Crippen molar-refractivity contribution in [2.24, 2.45) is 5.92 Å². The molecule has 4 aliphatic heterocycles. The van der Waals surface area contributed by atoms with E-state index in [4.69, 9.17) is 4.74 Å². The molecule has 5 rings (SSSR count). The zero-order valence-corrected chi connectivity index (χ0v) is 15.1. The highest BCUT2D eigenvalue weighted by molar-refractivity contribution is 5.90. The molecule has 0 radical (unpaired) electrons. The molecule has 4 heterocycles. The van der Waals surface area contributed by atoms with Gasteiger partial charge in [0.2, 0.25) is 11.8 Å². The summed E-state index contributed by atoms with van der Waals surface area (Å²) in [5.41, 5.74) is 0.167. The molecule has 26 heavy (non-hydrogen) atoms. The molecule has 0 spiro atoms. The van der Waals surface area contributed by atoms with E-state index in [0.29, 0.717) is 39.1 Å². The van der Waals surface area contributed by atoms with Crippen LogP contribution in [-0.4, -0.2) is 61.0 Å². The van der Waals surface area contributed by atoms with Crippen molar-refractivity contribution in [2.45, 2.75) is 37.1 Å². The monoisotopic (exact) mass is 360 g/mol. The number of hydrogen-bond donors (Lipinski definition) is 0. The van der Waals surface area contributed by atoms with Crippen LogP contribution < -0.4 is 0 Å². The summed E-state index contributed by atoms with van der Waals surface area (Å²) in [6, 6.07) is 6.38. The molecule has 2 amide bonds. The van der Waals surface area contributed by atoms with Gasteiger partial charge < -0.3 is 14.5 Å². The number of benzene rings is 1. The highest BCUT2D eigenvalue weighted by Gasteiger charge is 2.48. The predicted octanol–water partition coefficient (Wildman–Crippen LogP) is 1.95. The molecule has 0 aromatic heterocycles. The average Bonchev–Trinajstić information content (AvgIpc) is 2.95. The van der Waals surface area contributed by atoms with Crippen LogP contribution in [0.1, 0.15) is 31.2 Å². The molecule has 1 aromatic rings. The van der Waals surface area contributed by atoms with Crippen LogP contribution in [0.3, 0.4) is 0 Å². The lowest BCUT2D eigenvalue weighted by molar-refractivity contribution is -0.141. The topological polar surface area (TPSA) is 49.9 Å². The Morgan fingerprint density at radius 3 is 2.54 bits per heavy atom. The molecular weight excluding hydrogens is 335 g/mol. The Bertz CT molecular complexity index is 700. The van der Waals surface area contributed by atoms with E-state index < -0.39 is 5.41 Å². The number of hydrogen-bond acceptors (Lipinski definition) is 3. The molecule has 0 unspecified atom stereocenters. The maximum atomic E-state index is 13.7. The number of halogens is 1. The first-order chi connectivity index (χ1) is 12.5. The van der Waals surface area contributed by atoms with Gasteiger partial charge in [-0.25, -0.2) is 4.39 Å². The van der Waals surface area contributed by atoms with Crippen LogP contribution in [0.15, 0.2) is 24.3 Å². The Hall–Kier alpha value is -1.95. The number of nitrogens with zero attached hydrogens (tertiary/aromatic N) is 2. The van der Waals surface area contributed by atoms with Gasteiger partial charge in [-0.3, -0.25) is 9.59 Å². The molecule has 1 aromatic carbocycles. The first-order valence-corrected chi connectivity index (χ1v) is 9.41. The Kier molecular flexibility index (Phi) is 4.47. The first kappa shape index (κ1) is 17.5. The zero-order chi connectivity index (χ0) is 18.3. The number of piperidine rings is 1. The van der Waals surface area contributed by atoms with Crippen LogP contribution in [0.25, 0.3) is 0 Å². The van der Waals surface area contributed by atoms with Gasteiger partial charge in [0, 0.05) is 39.4 Å². The van der Waals surface area contributed by atoms with Gasteiger partial charge in [0.1, 0.15) is 5.82 Å². The number of amides is 2. The van der Waals surface area contributed by atoms with E-state index in [1.807, 2.05) is 16.8 Å². The summed E-state index contributed by atoms with van der Waals surface area (Å²) in [5.74, 6) is -0.192. The van der Waals surface area contributed by atoms with E-state index in [9.17, 15) is 14.0 Å². The second-order valence-corrected chi connectivity index (χ2v) is 7.79. The van der Waals surface area contributed by atoms with E-state index >= 15 is 0 Å². The maximum Gasteiger partial charge on any atom is 0.233 e. The third kappa shape index (κ3) is 2.80. The largest absolute Gasteiger partial charge is 0.381 e. The lowest BCUT2D eigenvalue weighted by Crippen LogP contribution is -2.52. The van der Waals surface area contributed by atoms with Crippen LogP contribution in [0, 0.1) is 11.7 Å². The fraction of sp³-hybridized carbons (Fsp3) is 0.600. The smallest absolute Gasteiger partial charge is 0.233 e. The minimum absolute atomic E-state index is 0.0624. The minimum Gasteiger partial charge on any atom is -0.381 e. The molecule has 140 valence electrons. The summed E-state index contributed by atoms with van der Waals surface area (Å²) in [6.45, 7) is 2.11. The molecule has 0 N–H and O–H groups in total. The molecule has 4 aliphatic rings. The quantitative estimate of drug-likeness (QED) is 0.810. The lowest BCUT2D eigenvalue weighted by Gasteiger charge is -2.40. The Morgan fingerprint density at radius 2 is 1.85 bits per heavy atom. The summed E-state index contributed by atoms with van der Waals surface area (Å²) < 4.78 is 18.9. The summed E-state index contributed by atoms with van der Waals surface area (Å²) in [7, 11) is 1.84. The lowest BCUT2D eigenvalue weighted by atomic mass is 9.73. The van der Waals surface area contributed by atoms with Crippen LogP contribution in [0.5, 0.6) is 0 Å². The predicted molar refractivity (Wildman–Crippen MR) is 94.0 cm³/mol. The van der Waals surface area contributed by atoms with Gasteiger partial charge in [-0.05, 0) is 43.4 Å². The minimum atomic E-state index is -0.683. The zero-order valence-electron chi connectivity index (χ0n) is 15.1. The highest BCUT2D eigenvalue weighted by Crippen LogP contribution is 2.39. The van der Waals surface area contributed by atoms with Gasteiger partial charge in [0.15, 0.2) is 0 Å². The van der Waals surface area contributed by atoms with Crippen LogP contribution >= 0.6 is 0 Å². The third-order valence-electron chi connectivity index (χ3n) is 6.40. The van der Waals surface area contributed by atoms with E-state index in [2.05, 4.69) is 0 Å². The molecule has 2 atom stereocenters. The van der Waals surface area contributed by atoms with Gasteiger partial charge in [0.05, 0.1) is 11.3 Å². The van der Waals surface area contributed by atoms with Gasteiger partial charge >= 0.3 is 0 Å². The van der Waals surface area contributed by atoms with Gasteiger partial charge in [-0.1, -0.05) is 12.1 Å². The third-order valence-corrected chi connectivity index (χ3v) is 6.40. The van der Waals surface area contributed by atoms with E-state index in [0.717, 1.165) is 18.4 Å². The summed E-state index contributed by atoms with van der Waals surface area (Å²) in [5, 5.41) is 0. The van der Waals surface area contributed by atoms with E-state index in [1.165, 1.54) is 12.1 Å². The molecule has 4 saturated heterocycles. The number of carbonyl (C=O) groups excluding carboxylic acids is 2. The Balaban J connectivity index is 1.67. The molecule has 2 bridgehead atoms. The number of fused-ring (bicyclic) bond motifs is 4. The number of likely N-dealkylation sites (N-methyl/N-ethyl adjacent to an activating group) is 1. The van der Waals surface area contributed by atoms with Crippen molar-refractivity contribution in [3.63, 3.8) is 0 Å². The van der Waals surface area contributed by atoms with Crippen molar-refractivity contribution in [1.82, 2.24) is 9.80 Å². The normalized spacial score (nSPS) is 28.2. The van der Waals surface area contributed by atoms with Crippen LogP contribution in [-0.2, 0) is 19.7 Å². The van der Waals surface area contributed by atoms with Crippen molar-refractivity contribution >= 4 is 11.8 Å². The fourth-order valence-electron chi connectivity index (χ4n) is 4.74. The first-order valence-electron chi connectivity index (χ1n) is 9.41. The Labute approximate surface area is 153 Å². The number of rotatable bonds is 2. The summed E-state index contributed by atoms with van der Waals surface area (Å²) >= 11 is 0. The van der Waals surface area contributed by atoms with Gasteiger partial charge in [-0.2, -0.15) is 0 Å². The number of carbonyl (C=O) groups is 2. The number of ether oxygens (including phenoxy) is 1. The van der Waals surface area contributed by atoms with E-state index in [-0.39, 0.29) is 29.6 Å². The molecule has 4 fully saturated rings. The average molecular weight is 360 g/mol. The molecule has 5 nitrogen and oxygen atoms in total. The van der Waals surface area contributed by atoms with Crippen molar-refractivity contribution in [3.05, 3.63) is 35.6 Å². The SMILES string of the molecule is CN1C(=O)[C@@H]2CC[C@H]1CN(C(=O)C1(c3ccc(F)cc3)CCOCC1)C2. The van der Waals surface area contributed by atoms with Crippen molar-refractivity contribution in [2.75, 3.05) is 33.4 Å². The van der Waals surface area contributed by atoms with Crippen molar-refractivity contribution in [1.29, 1.82) is 0 Å². The fourth-order valence-corrected chi connectivity index (χ4v) is 4.74.